The highest BCUT2D eigenvalue weighted by Gasteiger charge is 2.33. The monoisotopic (exact) mass is 427 g/mol. The van der Waals surface area contributed by atoms with Gasteiger partial charge >= 0.3 is 0 Å². The summed E-state index contributed by atoms with van der Waals surface area (Å²) in [5.41, 5.74) is 13.4. The third kappa shape index (κ3) is 3.99. The molecule has 0 saturated carbocycles. The SMILES string of the molecule is C=CC(=O)N1CCC[C@@H](n2nc(C3CCOc4ccc(F)cc4C3)c(C(N)=O)c2N)C1. The number of nitrogens with zero attached hydrogens (tertiary/aromatic N) is 3. The molecule has 2 atom stereocenters. The highest BCUT2D eigenvalue weighted by molar-refractivity contribution is 5.98. The van der Waals surface area contributed by atoms with E-state index in [0.717, 1.165) is 12.8 Å². The maximum atomic E-state index is 13.8. The van der Waals surface area contributed by atoms with E-state index in [9.17, 15) is 14.0 Å². The predicted octanol–water partition coefficient (Wildman–Crippen LogP) is 2.16. The van der Waals surface area contributed by atoms with Crippen molar-refractivity contribution < 1.29 is 18.7 Å². The van der Waals surface area contributed by atoms with E-state index in [4.69, 9.17) is 21.3 Å². The minimum absolute atomic E-state index is 0.148. The Labute approximate surface area is 179 Å². The number of amides is 2. The summed E-state index contributed by atoms with van der Waals surface area (Å²) >= 11 is 0. The zero-order valence-electron chi connectivity index (χ0n) is 17.2. The fraction of sp³-hybridized carbons (Fsp3) is 0.409. The van der Waals surface area contributed by atoms with Gasteiger partial charge in [0, 0.05) is 19.0 Å². The van der Waals surface area contributed by atoms with Crippen LogP contribution in [0.15, 0.2) is 30.9 Å². The number of piperidine rings is 1. The zero-order chi connectivity index (χ0) is 22.1. The van der Waals surface area contributed by atoms with Gasteiger partial charge in [0.15, 0.2) is 0 Å². The summed E-state index contributed by atoms with van der Waals surface area (Å²) in [4.78, 5) is 26.1. The lowest BCUT2D eigenvalue weighted by Crippen LogP contribution is -2.40. The van der Waals surface area contributed by atoms with E-state index in [0.29, 0.717) is 49.5 Å². The average molecular weight is 427 g/mol. The lowest BCUT2D eigenvalue weighted by atomic mass is 9.91. The minimum Gasteiger partial charge on any atom is -0.493 e. The number of anilines is 1. The quantitative estimate of drug-likeness (QED) is 0.726. The van der Waals surface area contributed by atoms with Crippen molar-refractivity contribution in [3.63, 3.8) is 0 Å². The molecule has 4 rings (SSSR count). The van der Waals surface area contributed by atoms with E-state index in [-0.39, 0.29) is 35.1 Å². The largest absolute Gasteiger partial charge is 0.493 e. The number of fused-ring (bicyclic) bond motifs is 1. The first kappa shape index (κ1) is 20.9. The van der Waals surface area contributed by atoms with Gasteiger partial charge in [-0.15, -0.1) is 0 Å². The van der Waals surface area contributed by atoms with E-state index >= 15 is 0 Å². The molecule has 2 aliphatic rings. The van der Waals surface area contributed by atoms with Crippen molar-refractivity contribution in [2.24, 2.45) is 5.73 Å². The molecule has 0 aliphatic carbocycles. The Morgan fingerprint density at radius 3 is 2.87 bits per heavy atom. The minimum atomic E-state index is -0.654. The summed E-state index contributed by atoms with van der Waals surface area (Å²) in [6.45, 7) is 5.02. The Morgan fingerprint density at radius 1 is 1.32 bits per heavy atom. The standard InChI is InChI=1S/C22H26FN5O3/c1-2-18(29)27-8-3-4-16(12-27)28-21(24)19(22(25)30)20(26-28)13-7-9-31-17-6-5-15(23)11-14(17)10-13/h2,5-6,11,13,16H,1,3-4,7-10,12,24H2,(H2,25,30)/t13?,16-/m1/s1. The van der Waals surface area contributed by atoms with Crippen LogP contribution in [0.25, 0.3) is 0 Å². The van der Waals surface area contributed by atoms with Crippen molar-refractivity contribution in [2.45, 2.75) is 37.6 Å². The Balaban J connectivity index is 1.69. The molecule has 4 N–H and O–H groups in total. The van der Waals surface area contributed by atoms with Crippen molar-refractivity contribution >= 4 is 17.6 Å². The molecule has 1 aromatic carbocycles. The molecule has 0 radical (unpaired) electrons. The summed E-state index contributed by atoms with van der Waals surface area (Å²) in [7, 11) is 0. The number of rotatable bonds is 4. The number of nitrogens with two attached hydrogens (primary N) is 2. The lowest BCUT2D eigenvalue weighted by Gasteiger charge is -2.32. The van der Waals surface area contributed by atoms with Crippen LogP contribution in [0.1, 0.15) is 52.8 Å². The maximum absolute atomic E-state index is 13.8. The number of hydrogen-bond acceptors (Lipinski definition) is 5. The molecular formula is C22H26FN5O3. The molecule has 8 nitrogen and oxygen atoms in total. The Bertz CT molecular complexity index is 1030. The fourth-order valence-electron chi connectivity index (χ4n) is 4.53. The molecule has 0 bridgehead atoms. The first-order valence-corrected chi connectivity index (χ1v) is 10.4. The van der Waals surface area contributed by atoms with Gasteiger partial charge in [-0.05, 0) is 55.5 Å². The normalized spacial score (nSPS) is 21.0. The molecule has 1 unspecified atom stereocenters. The Hall–Kier alpha value is -3.36. The number of carbonyl (C=O) groups is 2. The van der Waals surface area contributed by atoms with Crippen LogP contribution in [0, 0.1) is 5.82 Å². The number of benzene rings is 1. The average Bonchev–Trinajstić information content (AvgIpc) is 2.97. The number of primary amides is 1. The lowest BCUT2D eigenvalue weighted by molar-refractivity contribution is -0.127. The number of hydrogen-bond donors (Lipinski definition) is 2. The second-order valence-electron chi connectivity index (χ2n) is 8.03. The molecular weight excluding hydrogens is 401 g/mol. The van der Waals surface area contributed by atoms with Crippen LogP contribution < -0.4 is 16.2 Å². The molecule has 9 heteroatoms. The molecule has 2 amide bonds. The third-order valence-corrected chi connectivity index (χ3v) is 6.05. The Morgan fingerprint density at radius 2 is 2.13 bits per heavy atom. The molecule has 31 heavy (non-hydrogen) atoms. The van der Waals surface area contributed by atoms with Gasteiger partial charge < -0.3 is 21.1 Å². The second kappa shape index (κ2) is 8.41. The molecule has 1 aromatic heterocycles. The zero-order valence-corrected chi connectivity index (χ0v) is 17.2. The van der Waals surface area contributed by atoms with Crippen LogP contribution in [-0.4, -0.2) is 46.2 Å². The topological polar surface area (TPSA) is 116 Å². The molecule has 1 saturated heterocycles. The second-order valence-corrected chi connectivity index (χ2v) is 8.03. The van der Waals surface area contributed by atoms with Gasteiger partial charge in [-0.3, -0.25) is 9.59 Å². The van der Waals surface area contributed by atoms with Crippen LogP contribution in [-0.2, 0) is 11.2 Å². The molecule has 164 valence electrons. The third-order valence-electron chi connectivity index (χ3n) is 6.05. The van der Waals surface area contributed by atoms with E-state index in [1.165, 1.54) is 18.2 Å². The summed E-state index contributed by atoms with van der Waals surface area (Å²) in [6, 6.07) is 4.25. The van der Waals surface area contributed by atoms with E-state index in [1.54, 1.807) is 15.6 Å². The van der Waals surface area contributed by atoms with E-state index in [1.807, 2.05) is 0 Å². The van der Waals surface area contributed by atoms with Gasteiger partial charge in [0.25, 0.3) is 5.91 Å². The van der Waals surface area contributed by atoms with Crippen LogP contribution in [0.4, 0.5) is 10.2 Å². The highest BCUT2D eigenvalue weighted by atomic mass is 19.1. The molecule has 0 spiro atoms. The number of carbonyl (C=O) groups excluding carboxylic acids is 2. The van der Waals surface area contributed by atoms with Gasteiger partial charge in [-0.2, -0.15) is 5.10 Å². The summed E-state index contributed by atoms with van der Waals surface area (Å²) in [5, 5.41) is 4.71. The molecule has 2 aromatic rings. The number of aromatic nitrogens is 2. The van der Waals surface area contributed by atoms with Crippen LogP contribution in [0.2, 0.25) is 0 Å². The fourth-order valence-corrected chi connectivity index (χ4v) is 4.53. The van der Waals surface area contributed by atoms with E-state index in [2.05, 4.69) is 6.58 Å². The molecule has 3 heterocycles. The van der Waals surface area contributed by atoms with Crippen LogP contribution in [0.5, 0.6) is 5.75 Å². The van der Waals surface area contributed by atoms with Crippen molar-refractivity contribution in [1.29, 1.82) is 0 Å². The smallest absolute Gasteiger partial charge is 0.254 e. The first-order chi connectivity index (χ1) is 14.9. The summed E-state index contributed by atoms with van der Waals surface area (Å²) < 4.78 is 21.2. The van der Waals surface area contributed by atoms with Crippen molar-refractivity contribution in [2.75, 3.05) is 25.4 Å². The summed E-state index contributed by atoms with van der Waals surface area (Å²) in [5.74, 6) is -0.530. The molecule has 2 aliphatic heterocycles. The Kier molecular flexibility index (Phi) is 5.67. The van der Waals surface area contributed by atoms with Gasteiger partial charge in [0.05, 0.1) is 18.3 Å². The van der Waals surface area contributed by atoms with Crippen molar-refractivity contribution in [3.8, 4) is 5.75 Å². The molecule has 1 fully saturated rings. The summed E-state index contributed by atoms with van der Waals surface area (Å²) in [6.07, 6.45) is 3.88. The number of likely N-dealkylation sites (tertiary alicyclic amines) is 1. The van der Waals surface area contributed by atoms with Crippen LogP contribution in [0.3, 0.4) is 0 Å². The van der Waals surface area contributed by atoms with E-state index < -0.39 is 5.91 Å². The van der Waals surface area contributed by atoms with Crippen molar-refractivity contribution in [1.82, 2.24) is 14.7 Å². The van der Waals surface area contributed by atoms with Gasteiger partial charge in [-0.1, -0.05) is 6.58 Å². The highest BCUT2D eigenvalue weighted by Crippen LogP contribution is 2.36. The van der Waals surface area contributed by atoms with Crippen molar-refractivity contribution in [3.05, 3.63) is 53.5 Å². The predicted molar refractivity (Wildman–Crippen MR) is 113 cm³/mol. The van der Waals surface area contributed by atoms with Crippen LogP contribution >= 0.6 is 0 Å². The number of ether oxygens (including phenoxy) is 1. The number of nitrogen functional groups attached to an aromatic ring is 1. The number of halogens is 1. The maximum Gasteiger partial charge on any atom is 0.254 e. The van der Waals surface area contributed by atoms with Gasteiger partial charge in [0.1, 0.15) is 22.9 Å². The van der Waals surface area contributed by atoms with Gasteiger partial charge in [-0.25, -0.2) is 9.07 Å². The van der Waals surface area contributed by atoms with Gasteiger partial charge in [0.2, 0.25) is 5.91 Å². The first-order valence-electron chi connectivity index (χ1n) is 10.4.